The Morgan fingerprint density at radius 2 is 1.56 bits per heavy atom. The molecule has 5 aromatic rings. The first-order chi connectivity index (χ1) is 18.3. The molecule has 0 atom stereocenters. The van der Waals surface area contributed by atoms with Gasteiger partial charge in [-0.3, -0.25) is 0 Å². The normalized spacial score (nSPS) is 12.5. The van der Waals surface area contributed by atoms with Crippen LogP contribution < -0.4 is 19.5 Å². The number of halogens is 3. The van der Waals surface area contributed by atoms with Gasteiger partial charge in [-0.05, 0) is 54.1 Å². The molecule has 0 unspecified atom stereocenters. The lowest BCUT2D eigenvalue weighted by Gasteiger charge is -2.11. The Labute approximate surface area is 223 Å². The van der Waals surface area contributed by atoms with Crippen LogP contribution in [0.1, 0.15) is 5.56 Å². The zero-order valence-corrected chi connectivity index (χ0v) is 22.4. The maximum Gasteiger partial charge on any atom is 0.485 e. The average molecular weight is 558 g/mol. The molecule has 204 valence electrons. The minimum Gasteiger partial charge on any atom is -0.741 e. The molecule has 0 saturated carbocycles. The molecule has 0 saturated heterocycles. The minimum atomic E-state index is -6.09. The molecule has 11 heteroatoms. The van der Waals surface area contributed by atoms with Gasteiger partial charge >= 0.3 is 5.51 Å². The van der Waals surface area contributed by atoms with Crippen molar-refractivity contribution in [2.75, 3.05) is 26.1 Å². The Hall–Kier alpha value is -4.09. The van der Waals surface area contributed by atoms with Gasteiger partial charge in [-0.15, -0.1) is 9.20 Å². The highest BCUT2D eigenvalue weighted by Crippen LogP contribution is 2.24. The molecule has 0 bridgehead atoms. The molecule has 39 heavy (non-hydrogen) atoms. The minimum absolute atomic E-state index is 0.865. The number of hydrogen-bond donors (Lipinski definition) is 0. The highest BCUT2D eigenvalue weighted by Gasteiger charge is 2.37. The summed E-state index contributed by atoms with van der Waals surface area (Å²) in [5.74, 6) is 0.865. The largest absolute Gasteiger partial charge is 0.741 e. The van der Waals surface area contributed by atoms with Crippen molar-refractivity contribution < 1.29 is 35.6 Å². The first-order valence-electron chi connectivity index (χ1n) is 11.7. The summed E-state index contributed by atoms with van der Waals surface area (Å²) in [6.07, 6.45) is 2.27. The van der Waals surface area contributed by atoms with Gasteiger partial charge in [0.05, 0.1) is 7.11 Å². The average Bonchev–Trinajstić information content (AvgIpc) is 3.38. The van der Waals surface area contributed by atoms with E-state index >= 15 is 0 Å². The molecule has 5 rings (SSSR count). The van der Waals surface area contributed by atoms with E-state index in [0.29, 0.717) is 0 Å². The Morgan fingerprint density at radius 1 is 0.949 bits per heavy atom. The van der Waals surface area contributed by atoms with E-state index in [1.54, 1.807) is 7.11 Å². The monoisotopic (exact) mass is 557 g/mol. The molecule has 0 spiro atoms. The number of fused-ring (bicyclic) bond motifs is 3. The number of alkyl halides is 3. The molecule has 0 radical (unpaired) electrons. The van der Waals surface area contributed by atoms with Crippen LogP contribution >= 0.6 is 0 Å². The fraction of sp³-hybridized carbons (Fsp3) is 0.179. The fourth-order valence-electron chi connectivity index (χ4n) is 4.28. The van der Waals surface area contributed by atoms with Gasteiger partial charge in [0.2, 0.25) is 5.69 Å². The summed E-state index contributed by atoms with van der Waals surface area (Å²) < 4.78 is 68.9. The maximum atomic E-state index is 10.7. The molecule has 0 aliphatic rings. The zero-order chi connectivity index (χ0) is 28.5. The van der Waals surface area contributed by atoms with E-state index in [9.17, 15) is 13.2 Å². The van der Waals surface area contributed by atoms with E-state index in [4.69, 9.17) is 17.7 Å². The van der Waals surface area contributed by atoms with Gasteiger partial charge in [0.15, 0.2) is 17.2 Å². The number of benzene rings is 3. The van der Waals surface area contributed by atoms with Gasteiger partial charge in [0, 0.05) is 42.0 Å². The zero-order valence-electron chi connectivity index (χ0n) is 21.6. The van der Waals surface area contributed by atoms with Crippen molar-refractivity contribution in [2.24, 2.45) is 7.05 Å². The molecule has 0 N–H and O–H groups in total. The second-order valence-corrected chi connectivity index (χ2v) is 10.3. The standard InChI is InChI=1S/C27H26N3O.CHF3O3S/c1-28(2)21-12-10-19(11-13-21)16-23-24-17-22(31-4)14-15-25(24)30-27(23)18-26(29(30)3)20-8-6-5-7-9-20;2-1(3,4)8(5,6)7/h5-18H,1-4H3;(H,5,6,7)/q+1;/p-1. The van der Waals surface area contributed by atoms with E-state index < -0.39 is 15.6 Å². The van der Waals surface area contributed by atoms with Crippen LogP contribution in [0.4, 0.5) is 18.9 Å². The highest BCUT2D eigenvalue weighted by atomic mass is 32.2. The van der Waals surface area contributed by atoms with E-state index in [-0.39, 0.29) is 0 Å². The van der Waals surface area contributed by atoms with Crippen LogP contribution in [0.2, 0.25) is 0 Å². The lowest BCUT2D eigenvalue weighted by atomic mass is 10.1. The van der Waals surface area contributed by atoms with Crippen molar-refractivity contribution in [3.63, 3.8) is 0 Å². The summed E-state index contributed by atoms with van der Waals surface area (Å²) in [6, 6.07) is 27.8. The SMILES string of the molecule is COc1ccc2c(c1)c(=Cc1ccc(N(C)C)cc1)c1cc(-c3ccccc3)[n+](C)n12.O=S(=O)([O-])C(F)(F)F. The lowest BCUT2D eigenvalue weighted by Crippen LogP contribution is -2.36. The summed E-state index contributed by atoms with van der Waals surface area (Å²) in [5.41, 5.74) is 1.46. The van der Waals surface area contributed by atoms with Crippen molar-refractivity contribution in [3.8, 4) is 17.0 Å². The fourth-order valence-corrected chi connectivity index (χ4v) is 4.28. The van der Waals surface area contributed by atoms with Crippen LogP contribution in [0.3, 0.4) is 0 Å². The van der Waals surface area contributed by atoms with E-state index in [1.807, 2.05) is 6.07 Å². The number of nitrogens with zero attached hydrogens (tertiary/aromatic N) is 3. The first-order valence-corrected chi connectivity index (χ1v) is 13.1. The molecular formula is C28H26F3N3O4S. The number of hydrogen-bond acceptors (Lipinski definition) is 5. The second-order valence-electron chi connectivity index (χ2n) is 8.94. The number of rotatable bonds is 4. The third kappa shape index (κ3) is 5.69. The highest BCUT2D eigenvalue weighted by molar-refractivity contribution is 7.86. The van der Waals surface area contributed by atoms with Crippen molar-refractivity contribution >= 4 is 38.3 Å². The number of methoxy groups -OCH3 is 1. The Balaban J connectivity index is 0.000000386. The van der Waals surface area contributed by atoms with Crippen LogP contribution in [-0.2, 0) is 17.2 Å². The van der Waals surface area contributed by atoms with Gasteiger partial charge in [-0.1, -0.05) is 30.3 Å². The van der Waals surface area contributed by atoms with Gasteiger partial charge in [0.1, 0.15) is 16.8 Å². The predicted molar refractivity (Wildman–Crippen MR) is 143 cm³/mol. The Kier molecular flexibility index (Phi) is 7.58. The molecule has 2 aromatic heterocycles. The van der Waals surface area contributed by atoms with E-state index in [2.05, 4.69) is 114 Å². The predicted octanol–water partition coefficient (Wildman–Crippen LogP) is 4.26. The van der Waals surface area contributed by atoms with Crippen molar-refractivity contribution in [2.45, 2.75) is 5.51 Å². The quantitative estimate of drug-likeness (QED) is 0.188. The maximum absolute atomic E-state index is 10.7. The molecule has 0 aliphatic heterocycles. The van der Waals surface area contributed by atoms with Crippen LogP contribution in [0.15, 0.2) is 78.9 Å². The molecule has 0 amide bonds. The molecule has 3 aromatic carbocycles. The third-order valence-electron chi connectivity index (χ3n) is 6.22. The Morgan fingerprint density at radius 3 is 2.10 bits per heavy atom. The second kappa shape index (κ2) is 10.6. The summed E-state index contributed by atoms with van der Waals surface area (Å²) in [5, 5.41) is 2.38. The van der Waals surface area contributed by atoms with Crippen molar-refractivity contribution in [1.82, 2.24) is 4.52 Å². The third-order valence-corrected chi connectivity index (χ3v) is 6.79. The van der Waals surface area contributed by atoms with Crippen LogP contribution in [0, 0.1) is 0 Å². The number of aromatic nitrogens is 2. The number of aryl methyl sites for hydroxylation is 1. The lowest BCUT2D eigenvalue weighted by molar-refractivity contribution is -0.725. The number of anilines is 1. The summed E-state index contributed by atoms with van der Waals surface area (Å²) >= 11 is 0. The molecule has 7 nitrogen and oxygen atoms in total. The van der Waals surface area contributed by atoms with E-state index in [0.717, 1.165) is 11.3 Å². The van der Waals surface area contributed by atoms with Crippen LogP contribution in [0.5, 0.6) is 5.75 Å². The summed E-state index contributed by atoms with van der Waals surface area (Å²) in [4.78, 5) is 2.12. The molecule has 0 aliphatic carbocycles. The first kappa shape index (κ1) is 27.9. The van der Waals surface area contributed by atoms with Gasteiger partial charge in [-0.25, -0.2) is 8.42 Å². The molecular weight excluding hydrogens is 531 g/mol. The Bertz CT molecular complexity index is 1780. The van der Waals surface area contributed by atoms with Gasteiger partial charge in [0.25, 0.3) is 0 Å². The molecule has 2 heterocycles. The summed E-state index contributed by atoms with van der Waals surface area (Å²) in [7, 11) is 1.87. The number of ether oxygens (including phenoxy) is 1. The smallest absolute Gasteiger partial charge is 0.485 e. The van der Waals surface area contributed by atoms with Crippen LogP contribution in [-0.4, -0.2) is 44.2 Å². The van der Waals surface area contributed by atoms with Crippen molar-refractivity contribution in [3.05, 3.63) is 89.6 Å². The van der Waals surface area contributed by atoms with Gasteiger partial charge < -0.3 is 14.2 Å². The topological polar surface area (TPSA) is 78.0 Å². The van der Waals surface area contributed by atoms with E-state index in [1.165, 1.54) is 38.6 Å². The van der Waals surface area contributed by atoms with Crippen LogP contribution in [0.25, 0.3) is 33.8 Å². The van der Waals surface area contributed by atoms with Crippen molar-refractivity contribution in [1.29, 1.82) is 0 Å². The molecule has 0 fully saturated rings. The van der Waals surface area contributed by atoms with Gasteiger partial charge in [-0.2, -0.15) is 13.2 Å². The summed E-state index contributed by atoms with van der Waals surface area (Å²) in [6.45, 7) is 0.